The van der Waals surface area contributed by atoms with E-state index in [1.165, 1.54) is 24.1 Å². The summed E-state index contributed by atoms with van der Waals surface area (Å²) in [7, 11) is 0. The molecule has 2 unspecified atom stereocenters. The molecule has 2 bridgehead atoms. The van der Waals surface area contributed by atoms with Gasteiger partial charge in [-0.05, 0) is 50.7 Å². The molecule has 0 amide bonds. The van der Waals surface area contributed by atoms with E-state index in [0.29, 0.717) is 24.4 Å². The summed E-state index contributed by atoms with van der Waals surface area (Å²) in [6.07, 6.45) is 4.85. The Balaban J connectivity index is 1.76. The number of carboxylic acids is 1. The quantitative estimate of drug-likeness (QED) is 0.906. The van der Waals surface area contributed by atoms with Crippen LogP contribution in [0.4, 0.5) is 5.69 Å². The number of carboxylic acid groups (broad SMARTS) is 1. The summed E-state index contributed by atoms with van der Waals surface area (Å²) in [6.45, 7) is 2.11. The van der Waals surface area contributed by atoms with Gasteiger partial charge >= 0.3 is 5.97 Å². The van der Waals surface area contributed by atoms with Crippen LogP contribution in [0.1, 0.15) is 37.7 Å². The molecule has 3 heteroatoms. The van der Waals surface area contributed by atoms with Crippen LogP contribution >= 0.6 is 0 Å². The van der Waals surface area contributed by atoms with Crippen molar-refractivity contribution in [3.05, 3.63) is 29.8 Å². The molecular formula is C16H21NO2. The molecule has 1 aromatic rings. The van der Waals surface area contributed by atoms with E-state index in [0.717, 1.165) is 12.8 Å². The van der Waals surface area contributed by atoms with E-state index in [1.54, 1.807) is 0 Å². The van der Waals surface area contributed by atoms with E-state index in [9.17, 15) is 4.79 Å². The fourth-order valence-corrected chi connectivity index (χ4v) is 3.84. The van der Waals surface area contributed by atoms with Crippen LogP contribution in [-0.4, -0.2) is 23.2 Å². The van der Waals surface area contributed by atoms with E-state index in [1.807, 2.05) is 0 Å². The first-order chi connectivity index (χ1) is 9.13. The highest BCUT2D eigenvalue weighted by molar-refractivity contribution is 5.67. The maximum Gasteiger partial charge on any atom is 0.303 e. The monoisotopic (exact) mass is 259 g/mol. The number of carbonyl (C=O) groups is 1. The molecule has 3 nitrogen and oxygen atoms in total. The Hall–Kier alpha value is -1.51. The summed E-state index contributed by atoms with van der Waals surface area (Å²) < 4.78 is 0. The van der Waals surface area contributed by atoms with Crippen molar-refractivity contribution in [2.75, 3.05) is 4.90 Å². The number of benzene rings is 1. The number of hydrogen-bond acceptors (Lipinski definition) is 2. The third-order valence-corrected chi connectivity index (χ3v) is 4.63. The normalized spacial score (nSPS) is 29.5. The molecule has 2 atom stereocenters. The minimum atomic E-state index is -0.645. The molecule has 0 radical (unpaired) electrons. The van der Waals surface area contributed by atoms with Gasteiger partial charge in [-0.2, -0.15) is 0 Å². The largest absolute Gasteiger partial charge is 0.481 e. The minimum Gasteiger partial charge on any atom is -0.481 e. The predicted molar refractivity (Wildman–Crippen MR) is 75.4 cm³/mol. The van der Waals surface area contributed by atoms with Gasteiger partial charge in [0.15, 0.2) is 0 Å². The highest BCUT2D eigenvalue weighted by Crippen LogP contribution is 2.42. The minimum absolute atomic E-state index is 0.342. The Morgan fingerprint density at radius 1 is 1.21 bits per heavy atom. The third kappa shape index (κ3) is 2.46. The summed E-state index contributed by atoms with van der Waals surface area (Å²) in [5, 5.41) is 8.96. The number of piperidine rings is 1. The maximum absolute atomic E-state index is 10.9. The van der Waals surface area contributed by atoms with E-state index in [2.05, 4.69) is 36.1 Å². The molecule has 2 aliphatic heterocycles. The molecule has 102 valence electrons. The molecule has 1 N–H and O–H groups in total. The van der Waals surface area contributed by atoms with Crippen LogP contribution in [0.3, 0.4) is 0 Å². The molecule has 2 fully saturated rings. The Kier molecular flexibility index (Phi) is 3.21. The van der Waals surface area contributed by atoms with Crippen LogP contribution in [0.5, 0.6) is 0 Å². The maximum atomic E-state index is 10.9. The van der Waals surface area contributed by atoms with E-state index in [-0.39, 0.29) is 0 Å². The number of hydrogen-bond donors (Lipinski definition) is 1. The number of anilines is 1. The number of aliphatic carboxylic acids is 1. The molecule has 0 spiro atoms. The van der Waals surface area contributed by atoms with Gasteiger partial charge in [-0.25, -0.2) is 0 Å². The van der Waals surface area contributed by atoms with Crippen LogP contribution in [0, 0.1) is 12.8 Å². The van der Waals surface area contributed by atoms with Gasteiger partial charge in [0.05, 0.1) is 0 Å². The van der Waals surface area contributed by atoms with Gasteiger partial charge < -0.3 is 10.0 Å². The summed E-state index contributed by atoms with van der Waals surface area (Å²) in [5.41, 5.74) is 2.60. The zero-order chi connectivity index (χ0) is 13.4. The molecule has 2 heterocycles. The predicted octanol–water partition coefficient (Wildman–Crippen LogP) is 3.22. The fourth-order valence-electron chi connectivity index (χ4n) is 3.84. The zero-order valence-electron chi connectivity index (χ0n) is 11.4. The summed E-state index contributed by atoms with van der Waals surface area (Å²) in [6, 6.07) is 9.84. The average Bonchev–Trinajstić information content (AvgIpc) is 2.62. The standard InChI is InChI=1S/C16H21NO2/c1-11-2-4-13(5-3-11)17-14-6-7-15(17)9-12(8-14)10-16(18)19/h2-5,12,14-15H,6-10H2,1H3,(H,18,19). The van der Waals surface area contributed by atoms with Crippen molar-refractivity contribution in [3.63, 3.8) is 0 Å². The topological polar surface area (TPSA) is 40.5 Å². The zero-order valence-corrected chi connectivity index (χ0v) is 11.4. The van der Waals surface area contributed by atoms with Crippen molar-refractivity contribution in [3.8, 4) is 0 Å². The summed E-state index contributed by atoms with van der Waals surface area (Å²) >= 11 is 0. The highest BCUT2D eigenvalue weighted by atomic mass is 16.4. The number of nitrogens with zero attached hydrogens (tertiary/aromatic N) is 1. The second-order valence-corrected chi connectivity index (χ2v) is 6.06. The molecule has 19 heavy (non-hydrogen) atoms. The van der Waals surface area contributed by atoms with Crippen molar-refractivity contribution in [2.45, 2.75) is 51.1 Å². The lowest BCUT2D eigenvalue weighted by molar-refractivity contribution is -0.138. The van der Waals surface area contributed by atoms with Crippen LogP contribution in [0.15, 0.2) is 24.3 Å². The van der Waals surface area contributed by atoms with Gasteiger partial charge in [0.2, 0.25) is 0 Å². The number of aryl methyl sites for hydroxylation is 1. The lowest BCUT2D eigenvalue weighted by atomic mass is 9.88. The Morgan fingerprint density at radius 2 is 1.79 bits per heavy atom. The van der Waals surface area contributed by atoms with Crippen LogP contribution < -0.4 is 4.90 Å². The van der Waals surface area contributed by atoms with Crippen molar-refractivity contribution >= 4 is 11.7 Å². The Bertz CT molecular complexity index is 454. The first-order valence-corrected chi connectivity index (χ1v) is 7.20. The summed E-state index contributed by atoms with van der Waals surface area (Å²) in [4.78, 5) is 13.4. The average molecular weight is 259 g/mol. The molecule has 1 aromatic carbocycles. The lowest BCUT2D eigenvalue weighted by Gasteiger charge is -2.40. The van der Waals surface area contributed by atoms with E-state index >= 15 is 0 Å². The van der Waals surface area contributed by atoms with Gasteiger partial charge in [0.1, 0.15) is 0 Å². The van der Waals surface area contributed by atoms with Crippen molar-refractivity contribution < 1.29 is 9.90 Å². The Labute approximate surface area is 114 Å². The number of fused-ring (bicyclic) bond motifs is 2. The molecule has 0 saturated carbocycles. The molecule has 3 rings (SSSR count). The molecule has 2 saturated heterocycles. The first kappa shape index (κ1) is 12.5. The second kappa shape index (κ2) is 4.87. The van der Waals surface area contributed by atoms with Crippen LogP contribution in [-0.2, 0) is 4.79 Å². The van der Waals surface area contributed by atoms with Crippen molar-refractivity contribution in [1.82, 2.24) is 0 Å². The first-order valence-electron chi connectivity index (χ1n) is 7.20. The van der Waals surface area contributed by atoms with Gasteiger partial charge in [0, 0.05) is 24.2 Å². The molecule has 0 aliphatic carbocycles. The smallest absolute Gasteiger partial charge is 0.303 e. The second-order valence-electron chi connectivity index (χ2n) is 6.06. The van der Waals surface area contributed by atoms with E-state index < -0.39 is 5.97 Å². The van der Waals surface area contributed by atoms with Gasteiger partial charge in [0.25, 0.3) is 0 Å². The van der Waals surface area contributed by atoms with E-state index in [4.69, 9.17) is 5.11 Å². The van der Waals surface area contributed by atoms with Crippen molar-refractivity contribution in [1.29, 1.82) is 0 Å². The number of rotatable bonds is 3. The fraction of sp³-hybridized carbons (Fsp3) is 0.562. The molecule has 0 aromatic heterocycles. The van der Waals surface area contributed by atoms with Gasteiger partial charge in [-0.3, -0.25) is 4.79 Å². The van der Waals surface area contributed by atoms with Gasteiger partial charge in [-0.15, -0.1) is 0 Å². The third-order valence-electron chi connectivity index (χ3n) is 4.63. The summed E-state index contributed by atoms with van der Waals surface area (Å²) in [5.74, 6) is -0.273. The van der Waals surface area contributed by atoms with Crippen molar-refractivity contribution in [2.24, 2.45) is 5.92 Å². The molecular weight excluding hydrogens is 238 g/mol. The Morgan fingerprint density at radius 3 is 2.32 bits per heavy atom. The highest BCUT2D eigenvalue weighted by Gasteiger charge is 2.41. The van der Waals surface area contributed by atoms with Gasteiger partial charge in [-0.1, -0.05) is 17.7 Å². The van der Waals surface area contributed by atoms with Crippen LogP contribution in [0.25, 0.3) is 0 Å². The molecule has 2 aliphatic rings. The SMILES string of the molecule is Cc1ccc(N2C3CCC2CC(CC(=O)O)C3)cc1. The van der Waals surface area contributed by atoms with Crippen LogP contribution in [0.2, 0.25) is 0 Å². The lowest BCUT2D eigenvalue weighted by Crippen LogP contribution is -2.43.